The van der Waals surface area contributed by atoms with Gasteiger partial charge in [-0.3, -0.25) is 19.4 Å². The fraction of sp³-hybridized carbons (Fsp3) is 0.200. The first-order valence-electron chi connectivity index (χ1n) is 8.57. The third-order valence-electron chi connectivity index (χ3n) is 4.42. The topological polar surface area (TPSA) is 108 Å². The molecule has 8 heteroatoms. The van der Waals surface area contributed by atoms with Gasteiger partial charge in [-0.25, -0.2) is 4.39 Å². The van der Waals surface area contributed by atoms with Crippen molar-refractivity contribution < 1.29 is 29.0 Å². The molecule has 0 bridgehead atoms. The average Bonchev–Trinajstić information content (AvgIpc) is 2.93. The van der Waals surface area contributed by atoms with Gasteiger partial charge in [0.25, 0.3) is 11.7 Å². The molecule has 1 fully saturated rings. The fourth-order valence-corrected chi connectivity index (χ4v) is 3.12. The summed E-state index contributed by atoms with van der Waals surface area (Å²) in [6.07, 6.45) is 1.46. The number of rotatable bonds is 6. The minimum absolute atomic E-state index is 0.0122. The zero-order valence-corrected chi connectivity index (χ0v) is 14.7. The lowest BCUT2D eigenvalue weighted by molar-refractivity contribution is -0.140. The van der Waals surface area contributed by atoms with Crippen molar-refractivity contribution in [3.63, 3.8) is 0 Å². The van der Waals surface area contributed by atoms with E-state index >= 15 is 0 Å². The summed E-state index contributed by atoms with van der Waals surface area (Å²) < 4.78 is 13.2. The minimum Gasteiger partial charge on any atom is -0.507 e. The highest BCUT2D eigenvalue weighted by Crippen LogP contribution is 2.38. The normalized spacial score (nSPS) is 18.5. The molecule has 3 rings (SSSR count). The van der Waals surface area contributed by atoms with Crippen LogP contribution in [0.3, 0.4) is 0 Å². The number of hydrogen-bond acceptors (Lipinski definition) is 5. The third-order valence-corrected chi connectivity index (χ3v) is 4.42. The van der Waals surface area contributed by atoms with E-state index in [-0.39, 0.29) is 30.5 Å². The van der Waals surface area contributed by atoms with Crippen LogP contribution in [-0.2, 0) is 14.4 Å². The van der Waals surface area contributed by atoms with E-state index in [1.165, 1.54) is 23.2 Å². The molecule has 0 aliphatic carbocycles. The first-order chi connectivity index (χ1) is 13.4. The van der Waals surface area contributed by atoms with Crippen LogP contribution in [0.5, 0.6) is 0 Å². The quantitative estimate of drug-likeness (QED) is 0.450. The Labute approximate surface area is 159 Å². The molecular weight excluding hydrogens is 367 g/mol. The lowest BCUT2D eigenvalue weighted by atomic mass is 9.98. The summed E-state index contributed by atoms with van der Waals surface area (Å²) >= 11 is 0. The Morgan fingerprint density at radius 1 is 1.11 bits per heavy atom. The highest BCUT2D eigenvalue weighted by Gasteiger charge is 2.46. The van der Waals surface area contributed by atoms with Crippen molar-refractivity contribution in [2.75, 3.05) is 6.54 Å². The molecule has 0 radical (unpaired) electrons. The second-order valence-corrected chi connectivity index (χ2v) is 6.25. The van der Waals surface area contributed by atoms with Gasteiger partial charge in [-0.2, -0.15) is 0 Å². The molecule has 2 aromatic rings. The number of aliphatic hydroxyl groups excluding tert-OH is 1. The van der Waals surface area contributed by atoms with Crippen LogP contribution in [0, 0.1) is 5.82 Å². The second kappa shape index (κ2) is 7.99. The number of carbonyl (C=O) groups is 3. The SMILES string of the molecule is O=C(O)CCCN1C(=O)C(=O)C(=C(O)c2ccc(F)cc2)C1c1ccccn1. The number of likely N-dealkylation sites (tertiary alicyclic amines) is 1. The molecule has 1 atom stereocenters. The maximum absolute atomic E-state index is 13.2. The minimum atomic E-state index is -1.02. The van der Waals surface area contributed by atoms with Crippen LogP contribution < -0.4 is 0 Å². The van der Waals surface area contributed by atoms with Crippen LogP contribution in [0.25, 0.3) is 5.76 Å². The summed E-state index contributed by atoms with van der Waals surface area (Å²) in [5.41, 5.74) is 0.386. The smallest absolute Gasteiger partial charge is 0.303 e. The Kier molecular flexibility index (Phi) is 5.49. The summed E-state index contributed by atoms with van der Waals surface area (Å²) in [4.78, 5) is 41.4. The molecule has 0 saturated carbocycles. The van der Waals surface area contributed by atoms with Crippen LogP contribution in [0.4, 0.5) is 4.39 Å². The number of aromatic nitrogens is 1. The van der Waals surface area contributed by atoms with E-state index in [9.17, 15) is 23.9 Å². The van der Waals surface area contributed by atoms with Crippen LogP contribution in [0.15, 0.2) is 54.2 Å². The zero-order chi connectivity index (χ0) is 20.3. The van der Waals surface area contributed by atoms with E-state index in [4.69, 9.17) is 5.11 Å². The molecule has 1 amide bonds. The van der Waals surface area contributed by atoms with E-state index in [1.54, 1.807) is 18.2 Å². The number of hydrogen-bond donors (Lipinski definition) is 2. The molecule has 1 aliphatic rings. The molecule has 1 aromatic carbocycles. The van der Waals surface area contributed by atoms with Gasteiger partial charge in [0.05, 0.1) is 11.3 Å². The number of ketones is 1. The van der Waals surface area contributed by atoms with Gasteiger partial charge in [-0.15, -0.1) is 0 Å². The van der Waals surface area contributed by atoms with Crippen LogP contribution in [-0.4, -0.2) is 44.3 Å². The molecule has 7 nitrogen and oxygen atoms in total. The Morgan fingerprint density at radius 2 is 1.82 bits per heavy atom. The van der Waals surface area contributed by atoms with Crippen molar-refractivity contribution in [3.05, 3.63) is 71.3 Å². The molecule has 1 aromatic heterocycles. The standard InChI is InChI=1S/C20H17FN2O5/c21-13-8-6-12(7-9-13)18(26)16-17(14-4-1-2-10-22-14)23(20(28)19(16)27)11-3-5-15(24)25/h1-2,4,6-10,17,26H,3,5,11H2,(H,24,25). The molecule has 1 unspecified atom stereocenters. The predicted molar refractivity (Wildman–Crippen MR) is 96.5 cm³/mol. The highest BCUT2D eigenvalue weighted by atomic mass is 19.1. The summed E-state index contributed by atoms with van der Waals surface area (Å²) in [7, 11) is 0. The van der Waals surface area contributed by atoms with Crippen molar-refractivity contribution in [1.29, 1.82) is 0 Å². The van der Waals surface area contributed by atoms with E-state index in [0.717, 1.165) is 12.1 Å². The van der Waals surface area contributed by atoms with Crippen LogP contribution in [0.1, 0.15) is 30.1 Å². The maximum Gasteiger partial charge on any atom is 0.303 e. The number of carbonyl (C=O) groups excluding carboxylic acids is 2. The number of benzene rings is 1. The molecule has 2 heterocycles. The van der Waals surface area contributed by atoms with E-state index in [0.29, 0.717) is 5.69 Å². The van der Waals surface area contributed by atoms with Gasteiger partial charge in [-0.05, 0) is 42.8 Å². The fourth-order valence-electron chi connectivity index (χ4n) is 3.12. The van der Waals surface area contributed by atoms with Crippen molar-refractivity contribution in [2.45, 2.75) is 18.9 Å². The summed E-state index contributed by atoms with van der Waals surface area (Å²) in [5.74, 6) is -3.70. The van der Waals surface area contributed by atoms with Gasteiger partial charge < -0.3 is 15.1 Å². The van der Waals surface area contributed by atoms with Crippen LogP contribution in [0.2, 0.25) is 0 Å². The Hall–Kier alpha value is -3.55. The number of Topliss-reactive ketones (excluding diaryl/α,β-unsaturated/α-hetero) is 1. The van der Waals surface area contributed by atoms with Crippen molar-refractivity contribution in [1.82, 2.24) is 9.88 Å². The molecule has 0 spiro atoms. The average molecular weight is 384 g/mol. The van der Waals surface area contributed by atoms with E-state index in [1.807, 2.05) is 0 Å². The summed E-state index contributed by atoms with van der Waals surface area (Å²) in [5, 5.41) is 19.5. The van der Waals surface area contributed by atoms with Crippen LogP contribution >= 0.6 is 0 Å². The third kappa shape index (κ3) is 3.75. The number of carboxylic acid groups (broad SMARTS) is 1. The first kappa shape index (κ1) is 19.2. The molecule has 1 aliphatic heterocycles. The summed E-state index contributed by atoms with van der Waals surface area (Å²) in [6, 6.07) is 8.87. The first-order valence-corrected chi connectivity index (χ1v) is 8.57. The number of halogens is 1. The van der Waals surface area contributed by atoms with Gasteiger partial charge in [0.2, 0.25) is 0 Å². The van der Waals surface area contributed by atoms with Crippen molar-refractivity contribution in [3.8, 4) is 0 Å². The molecular formula is C20H17FN2O5. The van der Waals surface area contributed by atoms with E-state index < -0.39 is 35.3 Å². The Morgan fingerprint density at radius 3 is 2.43 bits per heavy atom. The van der Waals surface area contributed by atoms with Gasteiger partial charge in [-0.1, -0.05) is 6.07 Å². The number of nitrogens with zero attached hydrogens (tertiary/aromatic N) is 2. The van der Waals surface area contributed by atoms with Crippen molar-refractivity contribution in [2.24, 2.45) is 0 Å². The number of amides is 1. The van der Waals surface area contributed by atoms with Crippen molar-refractivity contribution >= 4 is 23.4 Å². The number of carboxylic acids is 1. The predicted octanol–water partition coefficient (Wildman–Crippen LogP) is 2.51. The Balaban J connectivity index is 2.07. The lowest BCUT2D eigenvalue weighted by Crippen LogP contribution is -2.31. The van der Waals surface area contributed by atoms with Gasteiger partial charge in [0.1, 0.15) is 17.6 Å². The van der Waals surface area contributed by atoms with Gasteiger partial charge in [0, 0.05) is 24.7 Å². The van der Waals surface area contributed by atoms with E-state index in [2.05, 4.69) is 4.98 Å². The number of pyridine rings is 1. The molecule has 144 valence electrons. The maximum atomic E-state index is 13.2. The number of aliphatic hydroxyl groups is 1. The zero-order valence-electron chi connectivity index (χ0n) is 14.7. The van der Waals surface area contributed by atoms with Gasteiger partial charge in [0.15, 0.2) is 0 Å². The van der Waals surface area contributed by atoms with Gasteiger partial charge >= 0.3 is 5.97 Å². The Bertz CT molecular complexity index is 941. The lowest BCUT2D eigenvalue weighted by Gasteiger charge is -2.24. The molecule has 2 N–H and O–H groups in total. The highest BCUT2D eigenvalue weighted by molar-refractivity contribution is 6.46. The monoisotopic (exact) mass is 384 g/mol. The molecule has 28 heavy (non-hydrogen) atoms. The molecule has 1 saturated heterocycles. The second-order valence-electron chi connectivity index (χ2n) is 6.25. The largest absolute Gasteiger partial charge is 0.507 e. The summed E-state index contributed by atoms with van der Waals surface area (Å²) in [6.45, 7) is 0.0122. The number of aliphatic carboxylic acids is 1.